The van der Waals surface area contributed by atoms with E-state index in [-0.39, 0.29) is 11.6 Å². The zero-order valence-corrected chi connectivity index (χ0v) is 13.6. The van der Waals surface area contributed by atoms with E-state index in [0.29, 0.717) is 32.9 Å². The smallest absolute Gasteiger partial charge is 0.194 e. The molecule has 2 nitrogen and oxygen atoms in total. The quantitative estimate of drug-likeness (QED) is 0.610. The molecule has 0 bridgehead atoms. The molecule has 0 saturated carbocycles. The molecule has 0 aliphatic heterocycles. The molecule has 100 valence electrons. The van der Waals surface area contributed by atoms with Crippen molar-refractivity contribution in [3.05, 3.63) is 69.8 Å². The highest BCUT2D eigenvalue weighted by Crippen LogP contribution is 2.29. The van der Waals surface area contributed by atoms with Gasteiger partial charge in [-0.1, -0.05) is 44.0 Å². The van der Waals surface area contributed by atoms with Crippen molar-refractivity contribution in [1.82, 2.24) is 0 Å². The first-order valence-corrected chi connectivity index (χ1v) is 8.37. The molecule has 3 rings (SSSR count). The maximum Gasteiger partial charge on any atom is 0.194 e. The molecular formula is C16H10Br2O2. The van der Waals surface area contributed by atoms with Gasteiger partial charge in [0.25, 0.3) is 0 Å². The summed E-state index contributed by atoms with van der Waals surface area (Å²) in [6.07, 6.45) is 0. The average molecular weight is 394 g/mol. The number of carbonyl (C=O) groups excluding carboxylic acids is 2. The molecule has 0 unspecified atom stereocenters. The molecule has 2 aromatic carbocycles. The first kappa shape index (κ1) is 13.7. The summed E-state index contributed by atoms with van der Waals surface area (Å²) in [6.45, 7) is 0. The Balaban J connectivity index is 2.22. The van der Waals surface area contributed by atoms with E-state index in [9.17, 15) is 9.59 Å². The molecule has 4 heteroatoms. The monoisotopic (exact) mass is 392 g/mol. The highest BCUT2D eigenvalue weighted by Gasteiger charge is 2.29. The van der Waals surface area contributed by atoms with Crippen LogP contribution in [0.4, 0.5) is 0 Å². The molecule has 0 N–H and O–H groups in total. The maximum absolute atomic E-state index is 12.6. The Kier molecular flexibility index (Phi) is 3.61. The summed E-state index contributed by atoms with van der Waals surface area (Å²) in [6, 6.07) is 10.8. The van der Waals surface area contributed by atoms with Crippen molar-refractivity contribution in [2.24, 2.45) is 0 Å². The van der Waals surface area contributed by atoms with Gasteiger partial charge < -0.3 is 0 Å². The second-order valence-corrected chi connectivity index (χ2v) is 5.81. The van der Waals surface area contributed by atoms with Crippen LogP contribution in [0.3, 0.4) is 0 Å². The Morgan fingerprint density at radius 2 is 1.05 bits per heavy atom. The topological polar surface area (TPSA) is 34.1 Å². The predicted octanol–water partition coefficient (Wildman–Crippen LogP) is 4.25. The fourth-order valence-electron chi connectivity index (χ4n) is 2.41. The number of rotatable bonds is 2. The summed E-state index contributed by atoms with van der Waals surface area (Å²) in [4.78, 5) is 25.1. The van der Waals surface area contributed by atoms with Crippen molar-refractivity contribution >= 4 is 43.4 Å². The number of benzene rings is 2. The molecule has 0 saturated heterocycles. The van der Waals surface area contributed by atoms with Crippen LogP contribution in [0.25, 0.3) is 0 Å². The van der Waals surface area contributed by atoms with Gasteiger partial charge in [0.15, 0.2) is 11.6 Å². The molecule has 20 heavy (non-hydrogen) atoms. The van der Waals surface area contributed by atoms with E-state index in [2.05, 4.69) is 31.9 Å². The number of ketones is 2. The van der Waals surface area contributed by atoms with E-state index >= 15 is 0 Å². The third-order valence-corrected chi connectivity index (χ3v) is 4.75. The molecule has 0 atom stereocenters. The molecule has 0 heterocycles. The SMILES string of the molecule is O=C1c2ccc(CBr)cc2C(=O)c2cc(CBr)ccc21. The second-order valence-electron chi connectivity index (χ2n) is 4.69. The second kappa shape index (κ2) is 5.26. The van der Waals surface area contributed by atoms with Crippen molar-refractivity contribution < 1.29 is 9.59 Å². The Morgan fingerprint density at radius 1 is 0.650 bits per heavy atom. The van der Waals surface area contributed by atoms with Crippen LogP contribution < -0.4 is 0 Å². The molecule has 0 aromatic heterocycles. The number of alkyl halides is 2. The van der Waals surface area contributed by atoms with E-state index in [4.69, 9.17) is 0 Å². The largest absolute Gasteiger partial charge is 0.289 e. The number of halogens is 2. The van der Waals surface area contributed by atoms with Crippen molar-refractivity contribution in [2.75, 3.05) is 0 Å². The van der Waals surface area contributed by atoms with Gasteiger partial charge >= 0.3 is 0 Å². The summed E-state index contributed by atoms with van der Waals surface area (Å²) in [5.41, 5.74) is 3.99. The third-order valence-electron chi connectivity index (χ3n) is 3.46. The normalized spacial score (nSPS) is 13.1. The van der Waals surface area contributed by atoms with Crippen molar-refractivity contribution in [3.63, 3.8) is 0 Å². The summed E-state index contributed by atoms with van der Waals surface area (Å²) < 4.78 is 0. The highest BCUT2D eigenvalue weighted by atomic mass is 79.9. The van der Waals surface area contributed by atoms with Crippen molar-refractivity contribution in [2.45, 2.75) is 10.7 Å². The van der Waals surface area contributed by atoms with Gasteiger partial charge in [0.1, 0.15) is 0 Å². The van der Waals surface area contributed by atoms with E-state index in [1.54, 1.807) is 24.3 Å². The van der Waals surface area contributed by atoms with Crippen LogP contribution in [0.2, 0.25) is 0 Å². The van der Waals surface area contributed by atoms with E-state index in [1.807, 2.05) is 12.1 Å². The van der Waals surface area contributed by atoms with Gasteiger partial charge in [-0.05, 0) is 35.4 Å². The summed E-state index contributed by atoms with van der Waals surface area (Å²) in [7, 11) is 0. The Hall–Kier alpha value is -1.26. The Bertz CT molecular complexity index is 676. The lowest BCUT2D eigenvalue weighted by atomic mass is 9.83. The van der Waals surface area contributed by atoms with Crippen LogP contribution in [0.15, 0.2) is 36.4 Å². The first-order chi connectivity index (χ1) is 9.65. The molecule has 0 radical (unpaired) electrons. The molecule has 1 aliphatic carbocycles. The standard InChI is InChI=1S/C16H10Br2O2/c17-7-9-1-3-11-13(5-9)16(20)14-6-10(8-18)2-4-12(14)15(11)19/h1-6H,7-8H2. The highest BCUT2D eigenvalue weighted by molar-refractivity contribution is 9.08. The minimum Gasteiger partial charge on any atom is -0.289 e. The molecule has 0 amide bonds. The molecule has 0 fully saturated rings. The fraction of sp³-hybridized carbons (Fsp3) is 0.125. The number of hydrogen-bond acceptors (Lipinski definition) is 2. The van der Waals surface area contributed by atoms with Crippen LogP contribution in [-0.4, -0.2) is 11.6 Å². The van der Waals surface area contributed by atoms with Crippen LogP contribution in [-0.2, 0) is 10.7 Å². The predicted molar refractivity (Wildman–Crippen MR) is 85.0 cm³/mol. The van der Waals surface area contributed by atoms with Gasteiger partial charge in [-0.2, -0.15) is 0 Å². The van der Waals surface area contributed by atoms with E-state index in [1.165, 1.54) is 0 Å². The zero-order valence-electron chi connectivity index (χ0n) is 10.5. The van der Waals surface area contributed by atoms with Crippen molar-refractivity contribution in [1.29, 1.82) is 0 Å². The molecule has 1 aliphatic rings. The molecule has 2 aromatic rings. The van der Waals surface area contributed by atoms with E-state index < -0.39 is 0 Å². The lowest BCUT2D eigenvalue weighted by molar-refractivity contribution is 0.0979. The zero-order chi connectivity index (χ0) is 14.3. The van der Waals surface area contributed by atoms with Crippen LogP contribution in [0.1, 0.15) is 43.0 Å². The van der Waals surface area contributed by atoms with E-state index in [0.717, 1.165) is 11.1 Å². The van der Waals surface area contributed by atoms with Gasteiger partial charge in [-0.3, -0.25) is 9.59 Å². The average Bonchev–Trinajstić information content (AvgIpc) is 2.51. The minimum atomic E-state index is -0.0724. The fourth-order valence-corrected chi connectivity index (χ4v) is 3.11. The maximum atomic E-state index is 12.6. The molecule has 0 spiro atoms. The Morgan fingerprint density at radius 3 is 1.45 bits per heavy atom. The van der Waals surface area contributed by atoms with Gasteiger partial charge in [0, 0.05) is 32.9 Å². The lowest BCUT2D eigenvalue weighted by Crippen LogP contribution is -2.21. The molecular weight excluding hydrogens is 384 g/mol. The van der Waals surface area contributed by atoms with Crippen LogP contribution >= 0.6 is 31.9 Å². The Labute approximate surface area is 133 Å². The van der Waals surface area contributed by atoms with Crippen LogP contribution in [0, 0.1) is 0 Å². The van der Waals surface area contributed by atoms with Crippen LogP contribution in [0.5, 0.6) is 0 Å². The first-order valence-electron chi connectivity index (χ1n) is 6.13. The van der Waals surface area contributed by atoms with Crippen molar-refractivity contribution in [3.8, 4) is 0 Å². The number of hydrogen-bond donors (Lipinski definition) is 0. The summed E-state index contributed by atoms with van der Waals surface area (Å²) in [5.74, 6) is -0.142. The summed E-state index contributed by atoms with van der Waals surface area (Å²) >= 11 is 6.74. The number of fused-ring (bicyclic) bond motifs is 2. The summed E-state index contributed by atoms with van der Waals surface area (Å²) in [5, 5.41) is 1.33. The third kappa shape index (κ3) is 2.07. The minimum absolute atomic E-state index is 0.0693. The van der Waals surface area contributed by atoms with Gasteiger partial charge in [0.05, 0.1) is 0 Å². The van der Waals surface area contributed by atoms with Gasteiger partial charge in [-0.25, -0.2) is 0 Å². The van der Waals surface area contributed by atoms with Gasteiger partial charge in [0.2, 0.25) is 0 Å². The number of carbonyl (C=O) groups is 2. The lowest BCUT2D eigenvalue weighted by Gasteiger charge is -2.18. The van der Waals surface area contributed by atoms with Gasteiger partial charge in [-0.15, -0.1) is 0 Å².